The van der Waals surface area contributed by atoms with E-state index in [1.807, 2.05) is 43.4 Å². The second-order valence-electron chi connectivity index (χ2n) is 4.63. The van der Waals surface area contributed by atoms with Gasteiger partial charge in [-0.2, -0.15) is 0 Å². The molecule has 0 amide bonds. The fourth-order valence-electron chi connectivity index (χ4n) is 2.07. The zero-order chi connectivity index (χ0) is 14.5. The number of nitrogen functional groups attached to an aromatic ring is 1. The fourth-order valence-corrected chi connectivity index (χ4v) is 2.07. The molecule has 0 heterocycles. The van der Waals surface area contributed by atoms with E-state index in [2.05, 4.69) is 11.0 Å². The normalized spacial score (nSPS) is 10.2. The van der Waals surface area contributed by atoms with Crippen LogP contribution < -0.4 is 20.1 Å². The smallest absolute Gasteiger partial charge is 0.143 e. The van der Waals surface area contributed by atoms with E-state index in [1.54, 1.807) is 14.2 Å². The first-order chi connectivity index (χ1) is 9.63. The number of hydrogen-bond acceptors (Lipinski definition) is 4. The van der Waals surface area contributed by atoms with Gasteiger partial charge in [0.2, 0.25) is 0 Å². The Bertz CT molecular complexity index is 584. The lowest BCUT2D eigenvalue weighted by Gasteiger charge is -2.20. The van der Waals surface area contributed by atoms with Gasteiger partial charge in [-0.05, 0) is 29.8 Å². The van der Waals surface area contributed by atoms with Crippen LogP contribution in [-0.2, 0) is 6.54 Å². The summed E-state index contributed by atoms with van der Waals surface area (Å²) in [5.41, 5.74) is 8.71. The quantitative estimate of drug-likeness (QED) is 0.850. The molecule has 106 valence electrons. The molecule has 2 aromatic rings. The average Bonchev–Trinajstić information content (AvgIpc) is 2.47. The molecule has 0 aromatic heterocycles. The Hall–Kier alpha value is -2.36. The molecule has 2 aromatic carbocycles. The molecule has 0 radical (unpaired) electrons. The summed E-state index contributed by atoms with van der Waals surface area (Å²) in [6, 6.07) is 13.8. The molecule has 0 atom stereocenters. The van der Waals surface area contributed by atoms with E-state index in [1.165, 1.54) is 5.56 Å². The number of rotatable bonds is 5. The van der Waals surface area contributed by atoms with Gasteiger partial charge < -0.3 is 20.1 Å². The molecular weight excluding hydrogens is 252 g/mol. The summed E-state index contributed by atoms with van der Waals surface area (Å²) in [5, 5.41) is 0. The molecule has 2 N–H and O–H groups in total. The molecule has 0 aliphatic rings. The molecule has 0 saturated carbocycles. The van der Waals surface area contributed by atoms with Crippen LogP contribution in [0.1, 0.15) is 5.56 Å². The summed E-state index contributed by atoms with van der Waals surface area (Å²) >= 11 is 0. The number of methoxy groups -OCH3 is 2. The molecule has 0 saturated heterocycles. The predicted molar refractivity (Wildman–Crippen MR) is 82.5 cm³/mol. The minimum absolute atomic E-state index is 0.644. The number of hydrogen-bond donors (Lipinski definition) is 1. The van der Waals surface area contributed by atoms with Crippen molar-refractivity contribution in [3.8, 4) is 11.5 Å². The molecule has 2 rings (SSSR count). The van der Waals surface area contributed by atoms with E-state index < -0.39 is 0 Å². The van der Waals surface area contributed by atoms with Crippen LogP contribution in [0.15, 0.2) is 42.5 Å². The molecule has 0 aliphatic carbocycles. The fraction of sp³-hybridized carbons (Fsp3) is 0.250. The van der Waals surface area contributed by atoms with Gasteiger partial charge in [0, 0.05) is 25.3 Å². The van der Waals surface area contributed by atoms with Gasteiger partial charge in [-0.1, -0.05) is 12.1 Å². The monoisotopic (exact) mass is 272 g/mol. The molecule has 20 heavy (non-hydrogen) atoms. The van der Waals surface area contributed by atoms with Crippen LogP contribution in [0.25, 0.3) is 0 Å². The standard InChI is InChI=1S/C16H20N2O2/c1-18(11-12-5-4-6-14(9-12)19-2)13-7-8-15(17)16(10-13)20-3/h4-10H,11,17H2,1-3H3. The summed E-state index contributed by atoms with van der Waals surface area (Å²) < 4.78 is 10.5. The van der Waals surface area contributed by atoms with Crippen molar-refractivity contribution in [3.63, 3.8) is 0 Å². The van der Waals surface area contributed by atoms with Crippen LogP contribution in [0.2, 0.25) is 0 Å². The highest BCUT2D eigenvalue weighted by molar-refractivity contribution is 5.62. The van der Waals surface area contributed by atoms with E-state index in [0.717, 1.165) is 18.0 Å². The van der Waals surface area contributed by atoms with Gasteiger partial charge in [0.15, 0.2) is 0 Å². The predicted octanol–water partition coefficient (Wildman–Crippen LogP) is 2.92. The first-order valence-corrected chi connectivity index (χ1v) is 6.41. The topological polar surface area (TPSA) is 47.7 Å². The van der Waals surface area contributed by atoms with E-state index >= 15 is 0 Å². The maximum absolute atomic E-state index is 5.83. The molecule has 0 aliphatic heterocycles. The van der Waals surface area contributed by atoms with Gasteiger partial charge in [0.05, 0.1) is 19.9 Å². The highest BCUT2D eigenvalue weighted by atomic mass is 16.5. The highest BCUT2D eigenvalue weighted by Gasteiger charge is 2.06. The van der Waals surface area contributed by atoms with Crippen LogP contribution in [0.3, 0.4) is 0 Å². The van der Waals surface area contributed by atoms with Crippen molar-refractivity contribution < 1.29 is 9.47 Å². The first-order valence-electron chi connectivity index (χ1n) is 6.41. The Morgan fingerprint density at radius 1 is 1.05 bits per heavy atom. The molecule has 4 heteroatoms. The van der Waals surface area contributed by atoms with Crippen molar-refractivity contribution >= 4 is 11.4 Å². The Morgan fingerprint density at radius 3 is 2.55 bits per heavy atom. The highest BCUT2D eigenvalue weighted by Crippen LogP contribution is 2.27. The van der Waals surface area contributed by atoms with E-state index in [9.17, 15) is 0 Å². The minimum atomic E-state index is 0.644. The van der Waals surface area contributed by atoms with Gasteiger partial charge in [0.25, 0.3) is 0 Å². The Balaban J connectivity index is 2.16. The van der Waals surface area contributed by atoms with Crippen molar-refractivity contribution in [2.45, 2.75) is 6.54 Å². The van der Waals surface area contributed by atoms with Crippen LogP contribution in [-0.4, -0.2) is 21.3 Å². The summed E-state index contributed by atoms with van der Waals surface area (Å²) in [6.45, 7) is 0.782. The second kappa shape index (κ2) is 6.19. The van der Waals surface area contributed by atoms with Crippen molar-refractivity contribution in [1.82, 2.24) is 0 Å². The van der Waals surface area contributed by atoms with E-state index in [0.29, 0.717) is 11.4 Å². The number of anilines is 2. The number of nitrogens with two attached hydrogens (primary N) is 1. The van der Waals surface area contributed by atoms with Gasteiger partial charge in [-0.25, -0.2) is 0 Å². The summed E-state index contributed by atoms with van der Waals surface area (Å²) in [4.78, 5) is 2.14. The van der Waals surface area contributed by atoms with Crippen molar-refractivity contribution in [2.75, 3.05) is 31.9 Å². The van der Waals surface area contributed by atoms with Crippen LogP contribution in [0.4, 0.5) is 11.4 Å². The van der Waals surface area contributed by atoms with Gasteiger partial charge in [-0.15, -0.1) is 0 Å². The molecule has 4 nitrogen and oxygen atoms in total. The summed E-state index contributed by atoms with van der Waals surface area (Å²) in [5.74, 6) is 1.56. The average molecular weight is 272 g/mol. The molecule has 0 spiro atoms. The molecule has 0 fully saturated rings. The first kappa shape index (κ1) is 14.1. The van der Waals surface area contributed by atoms with Crippen molar-refractivity contribution in [1.29, 1.82) is 0 Å². The van der Waals surface area contributed by atoms with Gasteiger partial charge in [-0.3, -0.25) is 0 Å². The summed E-state index contributed by atoms with van der Waals surface area (Å²) in [6.07, 6.45) is 0. The Labute approximate surface area is 119 Å². The lowest BCUT2D eigenvalue weighted by molar-refractivity contribution is 0.414. The van der Waals surface area contributed by atoms with E-state index in [-0.39, 0.29) is 0 Å². The molecule has 0 unspecified atom stereocenters. The lowest BCUT2D eigenvalue weighted by atomic mass is 10.2. The maximum atomic E-state index is 5.83. The third-order valence-electron chi connectivity index (χ3n) is 3.21. The van der Waals surface area contributed by atoms with Gasteiger partial charge >= 0.3 is 0 Å². The zero-order valence-corrected chi connectivity index (χ0v) is 12.1. The summed E-state index contributed by atoms with van der Waals surface area (Å²) in [7, 11) is 5.33. The zero-order valence-electron chi connectivity index (χ0n) is 12.1. The van der Waals surface area contributed by atoms with Crippen LogP contribution in [0.5, 0.6) is 11.5 Å². The number of benzene rings is 2. The van der Waals surface area contributed by atoms with Gasteiger partial charge in [0.1, 0.15) is 11.5 Å². The lowest BCUT2D eigenvalue weighted by Crippen LogP contribution is -2.16. The maximum Gasteiger partial charge on any atom is 0.143 e. The third-order valence-corrected chi connectivity index (χ3v) is 3.21. The largest absolute Gasteiger partial charge is 0.497 e. The Kier molecular flexibility index (Phi) is 4.35. The minimum Gasteiger partial charge on any atom is -0.497 e. The van der Waals surface area contributed by atoms with E-state index in [4.69, 9.17) is 15.2 Å². The van der Waals surface area contributed by atoms with Crippen LogP contribution in [0, 0.1) is 0 Å². The Morgan fingerprint density at radius 2 is 1.85 bits per heavy atom. The van der Waals surface area contributed by atoms with Crippen molar-refractivity contribution in [3.05, 3.63) is 48.0 Å². The van der Waals surface area contributed by atoms with Crippen molar-refractivity contribution in [2.24, 2.45) is 0 Å². The number of ether oxygens (including phenoxy) is 2. The second-order valence-corrected chi connectivity index (χ2v) is 4.63. The SMILES string of the molecule is COc1cccc(CN(C)c2ccc(N)c(OC)c2)c1. The number of nitrogens with zero attached hydrogens (tertiary/aromatic N) is 1. The third kappa shape index (κ3) is 3.15. The molecule has 0 bridgehead atoms. The molecular formula is C16H20N2O2. The van der Waals surface area contributed by atoms with Crippen LogP contribution >= 0.6 is 0 Å².